The van der Waals surface area contributed by atoms with Gasteiger partial charge < -0.3 is 10.1 Å². The number of hydrogen-bond donors (Lipinski definition) is 2. The Morgan fingerprint density at radius 1 is 1.18 bits per heavy atom. The zero-order valence-corrected chi connectivity index (χ0v) is 17.5. The first kappa shape index (κ1) is 20.5. The van der Waals surface area contributed by atoms with E-state index in [0.717, 1.165) is 12.8 Å². The number of aryl methyl sites for hydroxylation is 1. The largest absolute Gasteiger partial charge is 0.452 e. The minimum absolute atomic E-state index is 0.00498. The molecule has 0 spiro atoms. The molecule has 1 fully saturated rings. The number of esters is 1. The van der Waals surface area contributed by atoms with Gasteiger partial charge in [0.05, 0.1) is 16.1 Å². The second-order valence-corrected chi connectivity index (χ2v) is 9.04. The zero-order chi connectivity index (χ0) is 20.3. The lowest BCUT2D eigenvalue weighted by molar-refractivity contribution is -0.119. The number of amides is 1. The van der Waals surface area contributed by atoms with Gasteiger partial charge in [0.15, 0.2) is 6.61 Å². The summed E-state index contributed by atoms with van der Waals surface area (Å²) in [5.74, 6) is -1.26. The summed E-state index contributed by atoms with van der Waals surface area (Å²) in [6, 6.07) is 11.3. The Morgan fingerprint density at radius 3 is 2.57 bits per heavy atom. The van der Waals surface area contributed by atoms with Crippen molar-refractivity contribution in [2.45, 2.75) is 30.7 Å². The minimum Gasteiger partial charge on any atom is -0.452 e. The Kier molecular flexibility index (Phi) is 6.17. The van der Waals surface area contributed by atoms with Gasteiger partial charge in [0.25, 0.3) is 5.91 Å². The van der Waals surface area contributed by atoms with E-state index in [1.54, 1.807) is 31.2 Å². The van der Waals surface area contributed by atoms with Gasteiger partial charge in [0, 0.05) is 10.5 Å². The highest BCUT2D eigenvalue weighted by atomic mass is 79.9. The minimum atomic E-state index is -3.69. The normalized spacial score (nSPS) is 13.8. The number of benzene rings is 2. The number of carbonyl (C=O) groups is 2. The molecule has 9 heteroatoms. The Bertz CT molecular complexity index is 1020. The van der Waals surface area contributed by atoms with Crippen molar-refractivity contribution in [1.82, 2.24) is 4.72 Å². The molecule has 28 heavy (non-hydrogen) atoms. The van der Waals surface area contributed by atoms with Gasteiger partial charge in [0.2, 0.25) is 10.0 Å². The van der Waals surface area contributed by atoms with E-state index in [-0.39, 0.29) is 16.5 Å². The van der Waals surface area contributed by atoms with E-state index < -0.39 is 28.5 Å². The van der Waals surface area contributed by atoms with Crippen LogP contribution in [0.15, 0.2) is 51.8 Å². The van der Waals surface area contributed by atoms with Gasteiger partial charge in [-0.2, -0.15) is 0 Å². The molecule has 0 heterocycles. The van der Waals surface area contributed by atoms with Crippen LogP contribution in [0.3, 0.4) is 0 Å². The lowest BCUT2D eigenvalue weighted by Crippen LogP contribution is -2.26. The van der Waals surface area contributed by atoms with Crippen molar-refractivity contribution < 1.29 is 22.7 Å². The van der Waals surface area contributed by atoms with Crippen LogP contribution in [0.1, 0.15) is 28.8 Å². The molecule has 2 aromatic rings. The van der Waals surface area contributed by atoms with E-state index >= 15 is 0 Å². The number of hydrogen-bond acceptors (Lipinski definition) is 5. The zero-order valence-electron chi connectivity index (χ0n) is 15.1. The van der Waals surface area contributed by atoms with Gasteiger partial charge >= 0.3 is 5.97 Å². The quantitative estimate of drug-likeness (QED) is 0.610. The molecular formula is C19H19BrN2O5S. The third-order valence-electron chi connectivity index (χ3n) is 4.12. The summed E-state index contributed by atoms with van der Waals surface area (Å²) in [6.45, 7) is 1.18. The van der Waals surface area contributed by atoms with Crippen LogP contribution in [-0.2, 0) is 19.6 Å². The molecule has 1 amide bonds. The summed E-state index contributed by atoms with van der Waals surface area (Å²) in [5.41, 5.74) is 1.22. The molecule has 7 nitrogen and oxygen atoms in total. The summed E-state index contributed by atoms with van der Waals surface area (Å²) in [4.78, 5) is 24.4. The number of halogens is 1. The Hall–Kier alpha value is -2.23. The van der Waals surface area contributed by atoms with Crippen LogP contribution in [-0.4, -0.2) is 32.9 Å². The van der Waals surface area contributed by atoms with E-state index in [4.69, 9.17) is 4.74 Å². The Morgan fingerprint density at radius 2 is 1.89 bits per heavy atom. The van der Waals surface area contributed by atoms with Crippen LogP contribution in [0.25, 0.3) is 0 Å². The maximum absolute atomic E-state index is 12.4. The molecule has 0 bridgehead atoms. The van der Waals surface area contributed by atoms with Crippen molar-refractivity contribution in [3.63, 3.8) is 0 Å². The second-order valence-electron chi connectivity index (χ2n) is 6.48. The van der Waals surface area contributed by atoms with Crippen LogP contribution in [0.4, 0.5) is 5.69 Å². The van der Waals surface area contributed by atoms with Gasteiger partial charge in [-0.3, -0.25) is 4.79 Å². The molecule has 0 saturated heterocycles. The predicted octanol–water partition coefficient (Wildman–Crippen LogP) is 2.99. The fourth-order valence-corrected chi connectivity index (χ4v) is 4.15. The van der Waals surface area contributed by atoms with E-state index in [1.165, 1.54) is 12.1 Å². The number of sulfonamides is 1. The first-order chi connectivity index (χ1) is 13.3. The van der Waals surface area contributed by atoms with Crippen molar-refractivity contribution in [3.05, 3.63) is 58.1 Å². The molecule has 0 atom stereocenters. The van der Waals surface area contributed by atoms with Crippen molar-refractivity contribution in [2.75, 3.05) is 11.9 Å². The molecule has 0 aromatic heterocycles. The van der Waals surface area contributed by atoms with Gasteiger partial charge in [-0.05, 0) is 65.5 Å². The smallest absolute Gasteiger partial charge is 0.338 e. The number of para-hydroxylation sites is 1. The SMILES string of the molecule is Cc1ccc(S(=O)(=O)NC2CC2)cc1C(=O)OCC(=O)Nc1ccccc1Br. The third-order valence-corrected chi connectivity index (χ3v) is 6.33. The highest BCUT2D eigenvalue weighted by Crippen LogP contribution is 2.24. The number of anilines is 1. The molecule has 1 aliphatic carbocycles. The lowest BCUT2D eigenvalue weighted by Gasteiger charge is -2.11. The fraction of sp³-hybridized carbons (Fsp3) is 0.263. The first-order valence-corrected chi connectivity index (χ1v) is 10.9. The van der Waals surface area contributed by atoms with E-state index in [9.17, 15) is 18.0 Å². The molecule has 0 unspecified atom stereocenters. The number of nitrogens with one attached hydrogen (secondary N) is 2. The van der Waals surface area contributed by atoms with Crippen LogP contribution >= 0.6 is 15.9 Å². The van der Waals surface area contributed by atoms with Crippen molar-refractivity contribution in [2.24, 2.45) is 0 Å². The Labute approximate surface area is 171 Å². The highest BCUT2D eigenvalue weighted by molar-refractivity contribution is 9.10. The van der Waals surface area contributed by atoms with Gasteiger partial charge in [-0.1, -0.05) is 18.2 Å². The molecule has 1 aliphatic rings. The second kappa shape index (κ2) is 8.42. The van der Waals surface area contributed by atoms with Crippen molar-refractivity contribution >= 4 is 43.5 Å². The summed E-state index contributed by atoms with van der Waals surface area (Å²) < 4.78 is 33.0. The molecule has 2 N–H and O–H groups in total. The van der Waals surface area contributed by atoms with E-state index in [1.807, 2.05) is 6.07 Å². The van der Waals surface area contributed by atoms with E-state index in [2.05, 4.69) is 26.0 Å². The van der Waals surface area contributed by atoms with E-state index in [0.29, 0.717) is 15.7 Å². The molecule has 1 saturated carbocycles. The molecule has 2 aromatic carbocycles. The van der Waals surface area contributed by atoms with Crippen molar-refractivity contribution in [1.29, 1.82) is 0 Å². The maximum atomic E-state index is 12.4. The number of rotatable bonds is 7. The van der Waals surface area contributed by atoms with Gasteiger partial charge in [0.1, 0.15) is 0 Å². The molecule has 0 radical (unpaired) electrons. The first-order valence-electron chi connectivity index (χ1n) is 8.61. The number of ether oxygens (including phenoxy) is 1. The van der Waals surface area contributed by atoms with Crippen LogP contribution < -0.4 is 10.0 Å². The summed E-state index contributed by atoms with van der Waals surface area (Å²) >= 11 is 3.31. The monoisotopic (exact) mass is 466 g/mol. The average molecular weight is 467 g/mol. The third kappa shape index (κ3) is 5.18. The molecule has 148 valence electrons. The fourth-order valence-electron chi connectivity index (χ4n) is 2.43. The van der Waals surface area contributed by atoms with Crippen molar-refractivity contribution in [3.8, 4) is 0 Å². The van der Waals surface area contributed by atoms with Gasteiger partial charge in [-0.15, -0.1) is 0 Å². The van der Waals surface area contributed by atoms with Crippen LogP contribution in [0.2, 0.25) is 0 Å². The summed E-state index contributed by atoms with van der Waals surface area (Å²) in [6.07, 6.45) is 1.62. The predicted molar refractivity (Wildman–Crippen MR) is 108 cm³/mol. The van der Waals surface area contributed by atoms with Crippen LogP contribution in [0.5, 0.6) is 0 Å². The molecular weight excluding hydrogens is 448 g/mol. The standard InChI is InChI=1S/C19H19BrN2O5S/c1-12-6-9-14(28(25,26)22-13-7-8-13)10-15(12)19(24)27-11-18(23)21-17-5-3-2-4-16(17)20/h2-6,9-10,13,22H,7-8,11H2,1H3,(H,21,23). The maximum Gasteiger partial charge on any atom is 0.338 e. The summed E-state index contributed by atoms with van der Waals surface area (Å²) in [5, 5.41) is 2.63. The summed E-state index contributed by atoms with van der Waals surface area (Å²) in [7, 11) is -3.69. The molecule has 3 rings (SSSR count). The number of carbonyl (C=O) groups excluding carboxylic acids is 2. The van der Waals surface area contributed by atoms with Crippen LogP contribution in [0, 0.1) is 6.92 Å². The lowest BCUT2D eigenvalue weighted by atomic mass is 10.1. The average Bonchev–Trinajstić information content (AvgIpc) is 3.45. The topological polar surface area (TPSA) is 102 Å². The molecule has 0 aliphatic heterocycles. The van der Waals surface area contributed by atoms with Gasteiger partial charge in [-0.25, -0.2) is 17.9 Å². The Balaban J connectivity index is 1.66. The highest BCUT2D eigenvalue weighted by Gasteiger charge is 2.28.